The summed E-state index contributed by atoms with van der Waals surface area (Å²) in [6, 6.07) is 5.68. The summed E-state index contributed by atoms with van der Waals surface area (Å²) < 4.78 is 6.40. The summed E-state index contributed by atoms with van der Waals surface area (Å²) in [6.45, 7) is 2.07. The van der Waals surface area contributed by atoms with Crippen LogP contribution < -0.4 is 21.7 Å². The summed E-state index contributed by atoms with van der Waals surface area (Å²) in [5, 5.41) is 2.33. The predicted octanol–water partition coefficient (Wildman–Crippen LogP) is 2.00. The Labute approximate surface area is 153 Å². The lowest BCUT2D eigenvalue weighted by Gasteiger charge is -2.08. The minimum Gasteiger partial charge on any atom is -0.496 e. The molecule has 0 spiro atoms. The van der Waals surface area contributed by atoms with Crippen molar-refractivity contribution in [2.24, 2.45) is 5.73 Å². The van der Waals surface area contributed by atoms with Gasteiger partial charge in [0.1, 0.15) is 10.6 Å². The Hall–Kier alpha value is -2.87. The molecule has 0 aliphatic rings. The molecule has 3 aromatic rings. The van der Waals surface area contributed by atoms with Crippen molar-refractivity contribution in [1.29, 1.82) is 0 Å². The van der Waals surface area contributed by atoms with Gasteiger partial charge in [0.05, 0.1) is 12.5 Å². The highest BCUT2D eigenvalue weighted by atomic mass is 32.1. The van der Waals surface area contributed by atoms with Crippen molar-refractivity contribution >= 4 is 27.5 Å². The largest absolute Gasteiger partial charge is 0.496 e. The van der Waals surface area contributed by atoms with Crippen LogP contribution in [0, 0.1) is 6.92 Å². The van der Waals surface area contributed by atoms with Crippen LogP contribution in [0.1, 0.15) is 18.4 Å². The first-order valence-electron chi connectivity index (χ1n) is 8.10. The number of H-pyrrole nitrogens is 1. The normalized spacial score (nSPS) is 11.0. The number of aryl methyl sites for hydroxylation is 1. The highest BCUT2D eigenvalue weighted by Crippen LogP contribution is 2.32. The standard InChI is InChI=1S/C18H19N3O4S/c1-10-8-11(5-6-13(10)25-2)12-9-26-16-15(12)17(23)21(18(24)20-16)7-3-4-14(19)22/h5-6,8-9H,3-4,7H2,1-2H3,(H2,19,22)(H,20,24). The molecule has 0 atom stereocenters. The van der Waals surface area contributed by atoms with Gasteiger partial charge in [0, 0.05) is 23.9 Å². The zero-order valence-corrected chi connectivity index (χ0v) is 15.3. The average molecular weight is 373 g/mol. The van der Waals surface area contributed by atoms with Crippen molar-refractivity contribution in [2.45, 2.75) is 26.3 Å². The SMILES string of the molecule is COc1ccc(-c2csc3[nH]c(=O)n(CCCC(N)=O)c(=O)c23)cc1C. The van der Waals surface area contributed by atoms with Crippen LogP contribution in [0.25, 0.3) is 21.3 Å². The first kappa shape index (κ1) is 17.9. The summed E-state index contributed by atoms with van der Waals surface area (Å²) in [7, 11) is 1.61. The van der Waals surface area contributed by atoms with E-state index in [1.165, 1.54) is 11.3 Å². The Morgan fingerprint density at radius 2 is 2.12 bits per heavy atom. The van der Waals surface area contributed by atoms with E-state index in [4.69, 9.17) is 10.5 Å². The Bertz CT molecular complexity index is 1090. The average Bonchev–Trinajstić information content (AvgIpc) is 3.01. The molecule has 0 bridgehead atoms. The van der Waals surface area contributed by atoms with E-state index in [2.05, 4.69) is 4.98 Å². The molecule has 0 aliphatic heterocycles. The smallest absolute Gasteiger partial charge is 0.329 e. The summed E-state index contributed by atoms with van der Waals surface area (Å²) in [4.78, 5) is 39.3. The first-order chi connectivity index (χ1) is 12.4. The number of ether oxygens (including phenoxy) is 1. The van der Waals surface area contributed by atoms with Gasteiger partial charge in [-0.2, -0.15) is 0 Å². The summed E-state index contributed by atoms with van der Waals surface area (Å²) >= 11 is 1.32. The van der Waals surface area contributed by atoms with Crippen LogP contribution in [0.15, 0.2) is 33.2 Å². The third kappa shape index (κ3) is 3.28. The molecule has 3 rings (SSSR count). The summed E-state index contributed by atoms with van der Waals surface area (Å²) in [6.07, 6.45) is 0.461. The van der Waals surface area contributed by atoms with Crippen LogP contribution in [0.5, 0.6) is 5.75 Å². The zero-order chi connectivity index (χ0) is 18.8. The summed E-state index contributed by atoms with van der Waals surface area (Å²) in [5.74, 6) is 0.311. The van der Waals surface area contributed by atoms with Crippen LogP contribution in [-0.4, -0.2) is 22.6 Å². The van der Waals surface area contributed by atoms with E-state index in [1.807, 2.05) is 30.5 Å². The van der Waals surface area contributed by atoms with Crippen LogP contribution in [0.4, 0.5) is 0 Å². The topological polar surface area (TPSA) is 107 Å². The van der Waals surface area contributed by atoms with Crippen molar-refractivity contribution < 1.29 is 9.53 Å². The second-order valence-electron chi connectivity index (χ2n) is 5.99. The minimum absolute atomic E-state index is 0.123. The van der Waals surface area contributed by atoms with Gasteiger partial charge in [-0.05, 0) is 36.6 Å². The Morgan fingerprint density at radius 3 is 2.77 bits per heavy atom. The molecule has 0 unspecified atom stereocenters. The van der Waals surface area contributed by atoms with Crippen molar-refractivity contribution in [3.63, 3.8) is 0 Å². The van der Waals surface area contributed by atoms with Crippen molar-refractivity contribution in [3.05, 3.63) is 50.0 Å². The number of amides is 1. The molecule has 2 heterocycles. The molecule has 0 saturated carbocycles. The predicted molar refractivity (Wildman–Crippen MR) is 102 cm³/mol. The van der Waals surface area contributed by atoms with E-state index in [1.54, 1.807) is 7.11 Å². The number of methoxy groups -OCH3 is 1. The van der Waals surface area contributed by atoms with Crippen LogP contribution >= 0.6 is 11.3 Å². The second kappa shape index (κ2) is 7.17. The molecule has 3 N–H and O–H groups in total. The number of nitrogens with zero attached hydrogens (tertiary/aromatic N) is 1. The number of nitrogens with one attached hydrogen (secondary N) is 1. The van der Waals surface area contributed by atoms with Crippen LogP contribution in [-0.2, 0) is 11.3 Å². The lowest BCUT2D eigenvalue weighted by molar-refractivity contribution is -0.118. The molecule has 0 fully saturated rings. The number of benzene rings is 1. The summed E-state index contributed by atoms with van der Waals surface area (Å²) in [5.41, 5.74) is 6.88. The third-order valence-corrected chi connectivity index (χ3v) is 5.12. The lowest BCUT2D eigenvalue weighted by atomic mass is 10.0. The van der Waals surface area contributed by atoms with Gasteiger partial charge in [0.25, 0.3) is 5.56 Å². The second-order valence-corrected chi connectivity index (χ2v) is 6.87. The Kier molecular flexibility index (Phi) is 4.94. The molecule has 0 radical (unpaired) electrons. The maximum atomic E-state index is 12.9. The van der Waals surface area contributed by atoms with E-state index >= 15 is 0 Å². The maximum Gasteiger partial charge on any atom is 0.329 e. The van der Waals surface area contributed by atoms with Gasteiger partial charge >= 0.3 is 5.69 Å². The number of hydrogen-bond acceptors (Lipinski definition) is 5. The Morgan fingerprint density at radius 1 is 1.35 bits per heavy atom. The minimum atomic E-state index is -0.480. The highest BCUT2D eigenvalue weighted by Gasteiger charge is 2.15. The number of aromatic nitrogens is 2. The monoisotopic (exact) mass is 373 g/mol. The molecule has 8 heteroatoms. The van der Waals surface area contributed by atoms with Gasteiger partial charge in [0.2, 0.25) is 5.91 Å². The van der Waals surface area contributed by atoms with Gasteiger partial charge < -0.3 is 10.5 Å². The van der Waals surface area contributed by atoms with E-state index in [9.17, 15) is 14.4 Å². The van der Waals surface area contributed by atoms with Crippen molar-refractivity contribution in [3.8, 4) is 16.9 Å². The molecular weight excluding hydrogens is 354 g/mol. The van der Waals surface area contributed by atoms with Crippen molar-refractivity contribution in [2.75, 3.05) is 7.11 Å². The number of nitrogens with two attached hydrogens (primary N) is 1. The van der Waals surface area contributed by atoms with E-state index in [-0.39, 0.29) is 18.5 Å². The van der Waals surface area contributed by atoms with Crippen molar-refractivity contribution in [1.82, 2.24) is 9.55 Å². The third-order valence-electron chi connectivity index (χ3n) is 4.23. The highest BCUT2D eigenvalue weighted by molar-refractivity contribution is 7.17. The van der Waals surface area contributed by atoms with E-state index in [0.29, 0.717) is 16.6 Å². The molecule has 1 amide bonds. The molecule has 7 nitrogen and oxygen atoms in total. The van der Waals surface area contributed by atoms with Gasteiger partial charge in [-0.3, -0.25) is 19.1 Å². The molecule has 2 aromatic heterocycles. The maximum absolute atomic E-state index is 12.9. The van der Waals surface area contributed by atoms with Crippen LogP contribution in [0.3, 0.4) is 0 Å². The Balaban J connectivity index is 2.11. The lowest BCUT2D eigenvalue weighted by Crippen LogP contribution is -2.35. The number of carbonyl (C=O) groups excluding carboxylic acids is 1. The van der Waals surface area contributed by atoms with Gasteiger partial charge in [-0.25, -0.2) is 4.79 Å². The number of rotatable bonds is 6. The van der Waals surface area contributed by atoms with Gasteiger partial charge in [-0.1, -0.05) is 6.07 Å². The van der Waals surface area contributed by atoms with Gasteiger partial charge in [0.15, 0.2) is 0 Å². The molecule has 136 valence electrons. The van der Waals surface area contributed by atoms with E-state index in [0.717, 1.165) is 27.0 Å². The fourth-order valence-corrected chi connectivity index (χ4v) is 3.88. The number of thiophene rings is 1. The number of hydrogen-bond donors (Lipinski definition) is 2. The molecular formula is C18H19N3O4S. The fraction of sp³-hybridized carbons (Fsp3) is 0.278. The number of carbonyl (C=O) groups is 1. The fourth-order valence-electron chi connectivity index (χ4n) is 2.93. The molecule has 26 heavy (non-hydrogen) atoms. The first-order valence-corrected chi connectivity index (χ1v) is 8.98. The number of fused-ring (bicyclic) bond motifs is 1. The van der Waals surface area contributed by atoms with E-state index < -0.39 is 11.6 Å². The number of primary amides is 1. The zero-order valence-electron chi connectivity index (χ0n) is 14.5. The molecule has 1 aromatic carbocycles. The quantitative estimate of drug-likeness (QED) is 0.689. The molecule has 0 saturated heterocycles. The van der Waals surface area contributed by atoms with Crippen LogP contribution in [0.2, 0.25) is 0 Å². The van der Waals surface area contributed by atoms with Gasteiger partial charge in [-0.15, -0.1) is 11.3 Å². The molecule has 0 aliphatic carbocycles. The number of aromatic amines is 1.